The molecule has 3 heteroatoms. The molecule has 0 saturated carbocycles. The summed E-state index contributed by atoms with van der Waals surface area (Å²) >= 11 is 0. The van der Waals surface area contributed by atoms with E-state index in [1.165, 1.54) is 250 Å². The lowest BCUT2D eigenvalue weighted by Crippen LogP contribution is -2.06. The molecule has 0 unspecified atom stereocenters. The highest BCUT2D eigenvalue weighted by Crippen LogP contribution is 2.39. The first-order chi connectivity index (χ1) is 28.7. The predicted molar refractivity (Wildman–Crippen MR) is 258 cm³/mol. The summed E-state index contributed by atoms with van der Waals surface area (Å²) in [4.78, 5) is 0. The summed E-state index contributed by atoms with van der Waals surface area (Å²) in [5.41, 5.74) is 0.941. The van der Waals surface area contributed by atoms with Gasteiger partial charge in [-0.1, -0.05) is 271 Å². The van der Waals surface area contributed by atoms with Gasteiger partial charge in [-0.2, -0.15) is 0 Å². The van der Waals surface area contributed by atoms with Crippen LogP contribution in [0.15, 0.2) is 12.1 Å². The molecule has 0 aliphatic rings. The number of rotatable bonds is 48. The third kappa shape index (κ3) is 36.5. The van der Waals surface area contributed by atoms with Crippen LogP contribution in [0.25, 0.3) is 0 Å². The molecule has 1 aromatic rings. The van der Waals surface area contributed by atoms with Crippen molar-refractivity contribution in [3.63, 3.8) is 0 Å². The molecule has 1 radical (unpaired) electrons. The molecule has 1 rings (SSSR count). The van der Waals surface area contributed by atoms with Gasteiger partial charge >= 0.3 is 0 Å². The first-order valence-electron chi connectivity index (χ1n) is 26.6. The van der Waals surface area contributed by atoms with Crippen molar-refractivity contribution in [2.45, 2.75) is 290 Å². The molecule has 0 N–H and O–H groups in total. The van der Waals surface area contributed by atoms with Gasteiger partial charge in [-0.05, 0) is 43.9 Å². The maximum atomic E-state index is 6.50. The second-order valence-electron chi connectivity index (χ2n) is 18.3. The maximum Gasteiger partial charge on any atom is 0.203 e. The van der Waals surface area contributed by atoms with Crippen LogP contribution >= 0.6 is 0 Å². The van der Waals surface area contributed by atoms with Crippen molar-refractivity contribution in [2.75, 3.05) is 19.8 Å². The average Bonchev–Trinajstić information content (AvgIpc) is 3.22. The zero-order chi connectivity index (χ0) is 41.7. The third-order valence-electron chi connectivity index (χ3n) is 12.3. The van der Waals surface area contributed by atoms with Gasteiger partial charge in [-0.25, -0.2) is 0 Å². The van der Waals surface area contributed by atoms with Crippen LogP contribution in [-0.2, 0) is 0 Å². The van der Waals surface area contributed by atoms with E-state index < -0.39 is 0 Å². The van der Waals surface area contributed by atoms with Crippen molar-refractivity contribution in [3.05, 3.63) is 24.6 Å². The predicted octanol–water partition coefficient (Wildman–Crippen LogP) is 19.4. The van der Waals surface area contributed by atoms with Gasteiger partial charge < -0.3 is 14.2 Å². The molecule has 0 aromatic heterocycles. The maximum absolute atomic E-state index is 6.50. The van der Waals surface area contributed by atoms with Gasteiger partial charge in [0.05, 0.1) is 19.8 Å². The lowest BCUT2D eigenvalue weighted by atomic mass is 10.0. The molecule has 0 aliphatic heterocycles. The van der Waals surface area contributed by atoms with Gasteiger partial charge in [-0.3, -0.25) is 0 Å². The van der Waals surface area contributed by atoms with Gasteiger partial charge in [-0.15, -0.1) is 0 Å². The molecule has 0 heterocycles. The summed E-state index contributed by atoms with van der Waals surface area (Å²) in [7, 11) is 0. The van der Waals surface area contributed by atoms with E-state index in [1.54, 1.807) is 0 Å². The Bertz CT molecular complexity index is 888. The van der Waals surface area contributed by atoms with Crippen molar-refractivity contribution in [1.82, 2.24) is 0 Å². The molecule has 0 fully saturated rings. The van der Waals surface area contributed by atoms with Gasteiger partial charge in [0.15, 0.2) is 11.5 Å². The van der Waals surface area contributed by atoms with Gasteiger partial charge in [0.25, 0.3) is 0 Å². The van der Waals surface area contributed by atoms with E-state index in [-0.39, 0.29) is 0 Å². The molecular formula is C55H103O3. The lowest BCUT2D eigenvalue weighted by molar-refractivity contribution is 0.234. The van der Waals surface area contributed by atoms with Gasteiger partial charge in [0.2, 0.25) is 5.75 Å². The van der Waals surface area contributed by atoms with Crippen LogP contribution in [0.2, 0.25) is 0 Å². The first kappa shape index (κ1) is 54.6. The van der Waals surface area contributed by atoms with Gasteiger partial charge in [0, 0.05) is 0 Å². The van der Waals surface area contributed by atoms with E-state index in [2.05, 4.69) is 39.8 Å². The number of hydrogen-bond donors (Lipinski definition) is 0. The molecule has 0 atom stereocenters. The second-order valence-corrected chi connectivity index (χ2v) is 18.3. The topological polar surface area (TPSA) is 27.7 Å². The van der Waals surface area contributed by atoms with E-state index in [9.17, 15) is 0 Å². The summed E-state index contributed by atoms with van der Waals surface area (Å²) in [6.07, 6.45) is 57.4. The molecule has 0 bridgehead atoms. The molecule has 0 aliphatic carbocycles. The third-order valence-corrected chi connectivity index (χ3v) is 12.3. The quantitative estimate of drug-likeness (QED) is 0.0614. The standard InChI is InChI=1S/C55H103O3/c1-5-8-11-14-17-20-23-26-29-32-35-38-41-44-47-56-53-50-52(4)51-54(57-48-45-42-39-36-33-30-27-24-21-18-15-12-9-6-2)55(53)58-49-46-43-40-37-34-31-28-25-22-19-16-13-10-7-3/h50-51H,4-49H2,1-3H3. The van der Waals surface area contributed by atoms with Crippen molar-refractivity contribution < 1.29 is 14.2 Å². The minimum absolute atomic E-state index is 0.721. The average molecular weight is 812 g/mol. The number of benzene rings is 1. The second kappa shape index (κ2) is 45.2. The normalized spacial score (nSPS) is 11.4. The number of ether oxygens (including phenoxy) is 3. The SMILES string of the molecule is [CH2]c1cc(OCCCCCCCCCCCCCCCC)c(OCCCCCCCCCCCCCCCC)c(OCCCCCCCCCCCCCCCC)c1. The highest BCUT2D eigenvalue weighted by atomic mass is 16.5. The van der Waals surface area contributed by atoms with E-state index in [0.29, 0.717) is 0 Å². The largest absolute Gasteiger partial charge is 0.490 e. The van der Waals surface area contributed by atoms with E-state index in [1.807, 2.05) is 0 Å². The molecule has 0 saturated heterocycles. The Balaban J connectivity index is 2.38. The summed E-state index contributed by atoms with van der Waals surface area (Å²) < 4.78 is 19.4. The Morgan fingerprint density at radius 3 is 0.690 bits per heavy atom. The Hall–Kier alpha value is -1.38. The van der Waals surface area contributed by atoms with Crippen molar-refractivity contribution in [1.29, 1.82) is 0 Å². The smallest absolute Gasteiger partial charge is 0.203 e. The molecular weight excluding hydrogens is 709 g/mol. The number of unbranched alkanes of at least 4 members (excludes halogenated alkanes) is 39. The van der Waals surface area contributed by atoms with Crippen LogP contribution in [-0.4, -0.2) is 19.8 Å². The molecule has 341 valence electrons. The molecule has 58 heavy (non-hydrogen) atoms. The summed E-state index contributed by atoms with van der Waals surface area (Å²) in [6.45, 7) is 13.4. The fraction of sp³-hybridized carbons (Fsp3) is 0.873. The fourth-order valence-electron chi connectivity index (χ4n) is 8.42. The van der Waals surface area contributed by atoms with Crippen LogP contribution in [0.5, 0.6) is 17.2 Å². The molecule has 0 amide bonds. The minimum atomic E-state index is 0.721. The van der Waals surface area contributed by atoms with Gasteiger partial charge in [0.1, 0.15) is 0 Å². The van der Waals surface area contributed by atoms with E-state index in [0.717, 1.165) is 61.9 Å². The monoisotopic (exact) mass is 812 g/mol. The Morgan fingerprint density at radius 1 is 0.276 bits per heavy atom. The molecule has 1 aromatic carbocycles. The highest BCUT2D eigenvalue weighted by molar-refractivity contribution is 5.54. The Morgan fingerprint density at radius 2 is 0.466 bits per heavy atom. The number of hydrogen-bond acceptors (Lipinski definition) is 3. The zero-order valence-electron chi connectivity index (χ0n) is 39.9. The van der Waals surface area contributed by atoms with Crippen molar-refractivity contribution >= 4 is 0 Å². The van der Waals surface area contributed by atoms with Crippen LogP contribution in [0.1, 0.15) is 296 Å². The van der Waals surface area contributed by atoms with Crippen molar-refractivity contribution in [2.24, 2.45) is 0 Å². The van der Waals surface area contributed by atoms with Crippen LogP contribution in [0.4, 0.5) is 0 Å². The van der Waals surface area contributed by atoms with Crippen LogP contribution in [0, 0.1) is 6.92 Å². The van der Waals surface area contributed by atoms with E-state index >= 15 is 0 Å². The zero-order valence-corrected chi connectivity index (χ0v) is 39.9. The van der Waals surface area contributed by atoms with Crippen LogP contribution < -0.4 is 14.2 Å². The Labute approximate surface area is 365 Å². The molecule has 0 spiro atoms. The molecule has 3 nitrogen and oxygen atoms in total. The van der Waals surface area contributed by atoms with E-state index in [4.69, 9.17) is 14.2 Å². The summed E-state index contributed by atoms with van der Waals surface area (Å²) in [5.74, 6) is 2.45. The van der Waals surface area contributed by atoms with Crippen molar-refractivity contribution in [3.8, 4) is 17.2 Å². The van der Waals surface area contributed by atoms with Crippen LogP contribution in [0.3, 0.4) is 0 Å². The lowest BCUT2D eigenvalue weighted by Gasteiger charge is -2.18. The Kier molecular flexibility index (Phi) is 42.5. The fourth-order valence-corrected chi connectivity index (χ4v) is 8.42. The highest BCUT2D eigenvalue weighted by Gasteiger charge is 2.15. The summed E-state index contributed by atoms with van der Waals surface area (Å²) in [5, 5.41) is 0. The minimum Gasteiger partial charge on any atom is -0.490 e. The first-order valence-corrected chi connectivity index (χ1v) is 26.6. The summed E-state index contributed by atoms with van der Waals surface area (Å²) in [6, 6.07) is 4.12.